The number of carbonyl (C=O) groups excluding carboxylic acids is 2. The molecular formula is C31H38F3N3O3. The number of aryl methyl sites for hydroxylation is 1. The van der Waals surface area contributed by atoms with Gasteiger partial charge in [-0.2, -0.15) is 13.2 Å². The van der Waals surface area contributed by atoms with Crippen LogP contribution in [0.15, 0.2) is 36.4 Å². The maximum absolute atomic E-state index is 13.1. The molecule has 0 spiro atoms. The summed E-state index contributed by atoms with van der Waals surface area (Å²) in [6.45, 7) is 7.30. The van der Waals surface area contributed by atoms with E-state index in [2.05, 4.69) is 13.5 Å². The molecule has 216 valence electrons. The monoisotopic (exact) mass is 557 g/mol. The maximum Gasteiger partial charge on any atom is 0.405 e. The molecule has 1 heterocycles. The van der Waals surface area contributed by atoms with Gasteiger partial charge in [0.25, 0.3) is 5.91 Å². The summed E-state index contributed by atoms with van der Waals surface area (Å²) in [6, 6.07) is 10.8. The number of hydrogen-bond acceptors (Lipinski definition) is 4. The van der Waals surface area contributed by atoms with E-state index < -0.39 is 18.6 Å². The summed E-state index contributed by atoms with van der Waals surface area (Å²) < 4.78 is 45.1. The molecule has 40 heavy (non-hydrogen) atoms. The van der Waals surface area contributed by atoms with Crippen LogP contribution in [-0.4, -0.2) is 54.6 Å². The highest BCUT2D eigenvalue weighted by Crippen LogP contribution is 2.25. The molecule has 1 amide bonds. The Balaban J connectivity index is 1.73. The van der Waals surface area contributed by atoms with Gasteiger partial charge in [0, 0.05) is 54.9 Å². The molecular weight excluding hydrogens is 519 g/mol. The molecule has 1 aromatic heterocycles. The van der Waals surface area contributed by atoms with Crippen LogP contribution < -0.4 is 20.5 Å². The molecule has 2 aromatic carbocycles. The van der Waals surface area contributed by atoms with Crippen molar-refractivity contribution in [2.24, 2.45) is 13.0 Å². The Hall–Kier alpha value is -3.75. The van der Waals surface area contributed by atoms with E-state index in [4.69, 9.17) is 4.74 Å². The Kier molecular flexibility index (Phi) is 10.1. The summed E-state index contributed by atoms with van der Waals surface area (Å²) in [5, 5.41) is 4.33. The van der Waals surface area contributed by atoms with Gasteiger partial charge < -0.3 is 19.5 Å². The minimum absolute atomic E-state index is 0.0774. The Morgan fingerprint density at radius 2 is 1.90 bits per heavy atom. The number of halogens is 3. The number of ether oxygens (including phenoxy) is 1. The van der Waals surface area contributed by atoms with Crippen molar-refractivity contribution in [1.29, 1.82) is 0 Å². The number of alkyl halides is 3. The highest BCUT2D eigenvalue weighted by molar-refractivity contribution is 6.00. The zero-order valence-electron chi connectivity index (χ0n) is 23.8. The van der Waals surface area contributed by atoms with Crippen molar-refractivity contribution in [1.82, 2.24) is 14.8 Å². The zero-order valence-corrected chi connectivity index (χ0v) is 23.8. The summed E-state index contributed by atoms with van der Waals surface area (Å²) in [4.78, 5) is 27.7. The number of fused-ring (bicyclic) bond motifs is 1. The van der Waals surface area contributed by atoms with Crippen molar-refractivity contribution in [3.63, 3.8) is 0 Å². The predicted molar refractivity (Wildman–Crippen MR) is 153 cm³/mol. The Morgan fingerprint density at radius 1 is 1.18 bits per heavy atom. The molecule has 0 saturated carbocycles. The molecule has 0 aliphatic rings. The third-order valence-electron chi connectivity index (χ3n) is 7.28. The Labute approximate surface area is 233 Å². The number of Topliss-reactive ketones (excluding diaryl/α,β-unsaturated/α-hetero) is 1. The number of methoxy groups -OCH3 is 1. The van der Waals surface area contributed by atoms with Crippen LogP contribution >= 0.6 is 0 Å². The minimum Gasteiger partial charge on any atom is -0.497 e. The van der Waals surface area contributed by atoms with Gasteiger partial charge in [-0.15, -0.1) is 0 Å². The summed E-state index contributed by atoms with van der Waals surface area (Å²) in [5.41, 5.74) is 2.49. The number of rotatable bonds is 12. The first-order valence-electron chi connectivity index (χ1n) is 13.4. The van der Waals surface area contributed by atoms with Crippen LogP contribution in [-0.2, 0) is 13.5 Å². The molecule has 0 radical (unpaired) electrons. The lowest BCUT2D eigenvalue weighted by atomic mass is 9.97. The van der Waals surface area contributed by atoms with Gasteiger partial charge in [-0.25, -0.2) is 0 Å². The van der Waals surface area contributed by atoms with Crippen LogP contribution in [0.2, 0.25) is 0 Å². The predicted octanol–water partition coefficient (Wildman–Crippen LogP) is 4.81. The number of nitrogens with zero attached hydrogens (tertiary/aromatic N) is 2. The van der Waals surface area contributed by atoms with Gasteiger partial charge in [-0.05, 0) is 59.9 Å². The van der Waals surface area contributed by atoms with E-state index in [-0.39, 0.29) is 17.3 Å². The van der Waals surface area contributed by atoms with Crippen LogP contribution in [0.3, 0.4) is 0 Å². The normalized spacial score (nSPS) is 12.9. The number of ketones is 1. The van der Waals surface area contributed by atoms with E-state index >= 15 is 0 Å². The number of nitrogens with one attached hydrogen (secondary N) is 1. The molecule has 1 unspecified atom stereocenters. The fourth-order valence-electron chi connectivity index (χ4n) is 5.03. The largest absolute Gasteiger partial charge is 0.497 e. The quantitative estimate of drug-likeness (QED) is 0.325. The topological polar surface area (TPSA) is 63.6 Å². The Bertz CT molecular complexity index is 1480. The average Bonchev–Trinajstić information content (AvgIpc) is 3.25. The summed E-state index contributed by atoms with van der Waals surface area (Å²) in [7, 11) is 5.42. The van der Waals surface area contributed by atoms with Gasteiger partial charge in [-0.3, -0.25) is 9.59 Å². The first-order valence-corrected chi connectivity index (χ1v) is 13.4. The van der Waals surface area contributed by atoms with E-state index in [0.29, 0.717) is 42.3 Å². The Morgan fingerprint density at radius 3 is 2.52 bits per heavy atom. The van der Waals surface area contributed by atoms with Crippen molar-refractivity contribution in [2.75, 3.05) is 27.2 Å². The molecule has 3 rings (SSSR count). The maximum atomic E-state index is 13.1. The van der Waals surface area contributed by atoms with Gasteiger partial charge in [0.2, 0.25) is 0 Å². The lowest BCUT2D eigenvalue weighted by Gasteiger charge is -2.22. The number of carbonyl (C=O) groups is 2. The molecule has 0 fully saturated rings. The lowest BCUT2D eigenvalue weighted by Crippen LogP contribution is -2.38. The molecule has 0 aliphatic heterocycles. The second-order valence-electron chi connectivity index (χ2n) is 10.1. The molecule has 3 aromatic rings. The molecule has 0 saturated heterocycles. The molecule has 1 atom stereocenters. The van der Waals surface area contributed by atoms with E-state index in [1.807, 2.05) is 66.3 Å². The van der Waals surface area contributed by atoms with Crippen molar-refractivity contribution < 1.29 is 27.5 Å². The molecule has 9 heteroatoms. The minimum atomic E-state index is -4.48. The van der Waals surface area contributed by atoms with E-state index in [9.17, 15) is 22.8 Å². The van der Waals surface area contributed by atoms with Crippen molar-refractivity contribution in [2.45, 2.75) is 45.7 Å². The molecule has 0 bridgehead atoms. The average molecular weight is 558 g/mol. The summed E-state index contributed by atoms with van der Waals surface area (Å²) in [6.07, 6.45) is -0.153. The van der Waals surface area contributed by atoms with E-state index in [1.165, 1.54) is 6.07 Å². The van der Waals surface area contributed by atoms with E-state index in [0.717, 1.165) is 28.3 Å². The number of hydrogen-bond donors (Lipinski definition) is 1. The zero-order chi connectivity index (χ0) is 29.6. The fourth-order valence-corrected chi connectivity index (χ4v) is 5.03. The van der Waals surface area contributed by atoms with Crippen molar-refractivity contribution >= 4 is 35.4 Å². The fraction of sp³-hybridized carbons (Fsp3) is 0.419. The second-order valence-corrected chi connectivity index (χ2v) is 10.1. The van der Waals surface area contributed by atoms with Crippen LogP contribution in [0.4, 0.5) is 13.2 Å². The molecule has 1 N–H and O–H groups in total. The van der Waals surface area contributed by atoms with Crippen molar-refractivity contribution in [3.8, 4) is 5.75 Å². The number of amides is 1. The third kappa shape index (κ3) is 7.46. The van der Waals surface area contributed by atoms with Crippen LogP contribution in [0.25, 0.3) is 23.7 Å². The summed E-state index contributed by atoms with van der Waals surface area (Å²) in [5.74, 6) is 0.292. The van der Waals surface area contributed by atoms with Crippen LogP contribution in [0.5, 0.6) is 5.75 Å². The van der Waals surface area contributed by atoms with Gasteiger partial charge in [0.05, 0.1) is 12.8 Å². The highest BCUT2D eigenvalue weighted by atomic mass is 19.4. The third-order valence-corrected chi connectivity index (χ3v) is 7.28. The lowest BCUT2D eigenvalue weighted by molar-refractivity contribution is -0.123. The van der Waals surface area contributed by atoms with E-state index in [1.54, 1.807) is 13.2 Å². The second kappa shape index (κ2) is 13.1. The summed E-state index contributed by atoms with van der Waals surface area (Å²) >= 11 is 0. The van der Waals surface area contributed by atoms with Crippen molar-refractivity contribution in [3.05, 3.63) is 63.7 Å². The van der Waals surface area contributed by atoms with Crippen LogP contribution in [0.1, 0.15) is 59.5 Å². The van der Waals surface area contributed by atoms with Gasteiger partial charge in [0.15, 0.2) is 5.78 Å². The molecule has 6 nitrogen and oxygen atoms in total. The highest BCUT2D eigenvalue weighted by Gasteiger charge is 2.28. The smallest absolute Gasteiger partial charge is 0.405 e. The van der Waals surface area contributed by atoms with Gasteiger partial charge >= 0.3 is 6.18 Å². The van der Waals surface area contributed by atoms with Gasteiger partial charge in [-0.1, -0.05) is 32.9 Å². The SMILES string of the molecule is C=c1ccc(C(=O)NCC(F)(F)F)c(CC)/c1=C/N(C)CC(CC)CCC(=O)c1cc2cc(OC)ccc2n1C. The number of benzene rings is 2. The standard InChI is InChI=1S/C31H38F3N3O3/c1-7-21(10-14-29(38)28-16-22-15-23(40-6)11-13-27(22)37(28)5)17-36(4)18-26-20(3)9-12-25(24(26)8-2)30(39)35-19-31(32,33)34/h9,11-13,15-16,18,21H,3,7-8,10,14,17,19H2,1-2,4-6H3,(H,35,39)/b26-18+. The first kappa shape index (κ1) is 30.8. The molecule has 0 aliphatic carbocycles. The van der Waals surface area contributed by atoms with Gasteiger partial charge in [0.1, 0.15) is 12.3 Å². The number of aromatic nitrogens is 1. The first-order chi connectivity index (χ1) is 18.9. The van der Waals surface area contributed by atoms with Crippen LogP contribution in [0, 0.1) is 5.92 Å².